The van der Waals surface area contributed by atoms with E-state index in [2.05, 4.69) is 66.2 Å². The molecule has 1 saturated heterocycles. The van der Waals surface area contributed by atoms with E-state index in [0.717, 1.165) is 6.54 Å². The van der Waals surface area contributed by atoms with E-state index >= 15 is 0 Å². The highest BCUT2D eigenvalue weighted by molar-refractivity contribution is 7.99. The Morgan fingerprint density at radius 1 is 1.18 bits per heavy atom. The average Bonchev–Trinajstić information content (AvgIpc) is 2.96. The molecule has 1 fully saturated rings. The SMILES string of the molecule is CC(C)Sc1ncccc1[C@H]1CCCN1Cc1ccccc1. The zero-order chi connectivity index (χ0) is 15.4. The number of benzene rings is 1. The molecule has 3 heteroatoms. The van der Waals surface area contributed by atoms with Crippen LogP contribution in [0.25, 0.3) is 0 Å². The summed E-state index contributed by atoms with van der Waals surface area (Å²) < 4.78 is 0. The topological polar surface area (TPSA) is 16.1 Å². The van der Waals surface area contributed by atoms with Gasteiger partial charge in [0.25, 0.3) is 0 Å². The van der Waals surface area contributed by atoms with E-state index in [9.17, 15) is 0 Å². The minimum absolute atomic E-state index is 0.509. The molecule has 22 heavy (non-hydrogen) atoms. The molecule has 2 nitrogen and oxygen atoms in total. The van der Waals surface area contributed by atoms with E-state index in [1.807, 2.05) is 18.0 Å². The molecule has 1 atom stereocenters. The van der Waals surface area contributed by atoms with Gasteiger partial charge in [-0.15, -0.1) is 11.8 Å². The van der Waals surface area contributed by atoms with Crippen LogP contribution in [0.15, 0.2) is 53.7 Å². The maximum Gasteiger partial charge on any atom is 0.101 e. The first-order chi connectivity index (χ1) is 10.7. The highest BCUT2D eigenvalue weighted by Crippen LogP contribution is 2.38. The van der Waals surface area contributed by atoms with Crippen molar-refractivity contribution in [2.24, 2.45) is 0 Å². The summed E-state index contributed by atoms with van der Waals surface area (Å²) in [5, 5.41) is 1.78. The van der Waals surface area contributed by atoms with Crippen molar-refractivity contribution in [1.29, 1.82) is 0 Å². The van der Waals surface area contributed by atoms with E-state index in [1.165, 1.54) is 35.5 Å². The van der Waals surface area contributed by atoms with Crippen molar-refractivity contribution in [3.05, 3.63) is 59.8 Å². The molecule has 0 radical (unpaired) electrons. The quantitative estimate of drug-likeness (QED) is 0.729. The van der Waals surface area contributed by atoms with Gasteiger partial charge in [-0.25, -0.2) is 4.98 Å². The second-order valence-corrected chi connectivity index (χ2v) is 7.74. The van der Waals surface area contributed by atoms with E-state index in [-0.39, 0.29) is 0 Å². The molecule has 0 saturated carbocycles. The molecule has 0 unspecified atom stereocenters. The number of hydrogen-bond acceptors (Lipinski definition) is 3. The molecule has 1 aliphatic rings. The molecule has 1 aromatic heterocycles. The Bertz CT molecular complexity index is 597. The Morgan fingerprint density at radius 2 is 2.00 bits per heavy atom. The third-order valence-corrected chi connectivity index (χ3v) is 5.13. The second-order valence-electron chi connectivity index (χ2n) is 6.18. The maximum atomic E-state index is 4.64. The monoisotopic (exact) mass is 312 g/mol. The van der Waals surface area contributed by atoms with Crippen LogP contribution >= 0.6 is 11.8 Å². The minimum atomic E-state index is 0.509. The Kier molecular flexibility index (Phi) is 5.16. The number of pyridine rings is 1. The first-order valence-corrected chi connectivity index (χ1v) is 9.01. The Balaban J connectivity index is 1.81. The number of hydrogen-bond donors (Lipinski definition) is 0. The highest BCUT2D eigenvalue weighted by Gasteiger charge is 2.28. The molecular weight excluding hydrogens is 288 g/mol. The van der Waals surface area contributed by atoms with Gasteiger partial charge < -0.3 is 0 Å². The number of rotatable bonds is 5. The summed E-state index contributed by atoms with van der Waals surface area (Å²) in [5.41, 5.74) is 2.81. The molecule has 2 aromatic rings. The van der Waals surface area contributed by atoms with E-state index in [1.54, 1.807) is 0 Å². The predicted octanol–water partition coefficient (Wildman–Crippen LogP) is 4.92. The number of likely N-dealkylation sites (tertiary alicyclic amines) is 1. The summed E-state index contributed by atoms with van der Waals surface area (Å²) in [6.45, 7) is 6.69. The lowest BCUT2D eigenvalue weighted by Gasteiger charge is -2.26. The van der Waals surface area contributed by atoms with Crippen molar-refractivity contribution in [2.75, 3.05) is 6.54 Å². The van der Waals surface area contributed by atoms with E-state index < -0.39 is 0 Å². The molecule has 0 spiro atoms. The molecule has 1 aliphatic heterocycles. The molecule has 0 amide bonds. The fourth-order valence-corrected chi connectivity index (χ4v) is 4.07. The lowest BCUT2D eigenvalue weighted by molar-refractivity contribution is 0.245. The predicted molar refractivity (Wildman–Crippen MR) is 94.1 cm³/mol. The zero-order valence-electron chi connectivity index (χ0n) is 13.4. The largest absolute Gasteiger partial charge is 0.292 e. The molecular formula is C19H24N2S. The van der Waals surface area contributed by atoms with Crippen molar-refractivity contribution >= 4 is 11.8 Å². The van der Waals surface area contributed by atoms with Gasteiger partial charge in [-0.2, -0.15) is 0 Å². The highest BCUT2D eigenvalue weighted by atomic mass is 32.2. The molecule has 0 N–H and O–H groups in total. The fraction of sp³-hybridized carbons (Fsp3) is 0.421. The molecule has 0 bridgehead atoms. The number of aromatic nitrogens is 1. The third kappa shape index (κ3) is 3.71. The van der Waals surface area contributed by atoms with Crippen molar-refractivity contribution in [2.45, 2.75) is 49.6 Å². The molecule has 0 aliphatic carbocycles. The maximum absolute atomic E-state index is 4.64. The van der Waals surface area contributed by atoms with Crippen LogP contribution in [0.3, 0.4) is 0 Å². The average molecular weight is 312 g/mol. The summed E-state index contributed by atoms with van der Waals surface area (Å²) in [7, 11) is 0. The standard InChI is InChI=1S/C19H24N2S/c1-15(2)22-19-17(10-6-12-20-19)18-11-7-13-21(18)14-16-8-4-3-5-9-16/h3-6,8-10,12,15,18H,7,11,13-14H2,1-2H3/t18-/m1/s1. The van der Waals surface area contributed by atoms with Crippen LogP contribution in [0.5, 0.6) is 0 Å². The lowest BCUT2D eigenvalue weighted by atomic mass is 10.1. The molecule has 1 aromatic carbocycles. The fourth-order valence-electron chi connectivity index (χ4n) is 3.16. The van der Waals surface area contributed by atoms with Gasteiger partial charge in [0.1, 0.15) is 5.03 Å². The number of nitrogens with zero attached hydrogens (tertiary/aromatic N) is 2. The summed E-state index contributed by atoms with van der Waals surface area (Å²) >= 11 is 1.88. The van der Waals surface area contributed by atoms with Crippen LogP contribution in [-0.2, 0) is 6.54 Å². The Labute approximate surface area is 138 Å². The lowest BCUT2D eigenvalue weighted by Crippen LogP contribution is -2.23. The van der Waals surface area contributed by atoms with Crippen molar-refractivity contribution < 1.29 is 0 Å². The second kappa shape index (κ2) is 7.30. The van der Waals surface area contributed by atoms with Gasteiger partial charge in [0, 0.05) is 29.6 Å². The van der Waals surface area contributed by atoms with Gasteiger partial charge in [0.2, 0.25) is 0 Å². The molecule has 2 heterocycles. The van der Waals surface area contributed by atoms with E-state index in [4.69, 9.17) is 0 Å². The summed E-state index contributed by atoms with van der Waals surface area (Å²) in [5.74, 6) is 0. The van der Waals surface area contributed by atoms with Crippen LogP contribution in [0, 0.1) is 0 Å². The summed E-state index contributed by atoms with van der Waals surface area (Å²) in [6.07, 6.45) is 4.44. The van der Waals surface area contributed by atoms with Gasteiger partial charge in [-0.05, 0) is 31.0 Å². The van der Waals surface area contributed by atoms with Crippen molar-refractivity contribution in [1.82, 2.24) is 9.88 Å². The number of thioether (sulfide) groups is 1. The minimum Gasteiger partial charge on any atom is -0.292 e. The van der Waals surface area contributed by atoms with Crippen LogP contribution in [-0.4, -0.2) is 21.7 Å². The van der Waals surface area contributed by atoms with Crippen molar-refractivity contribution in [3.8, 4) is 0 Å². The van der Waals surface area contributed by atoms with Gasteiger partial charge >= 0.3 is 0 Å². The van der Waals surface area contributed by atoms with Crippen LogP contribution in [0.2, 0.25) is 0 Å². The first-order valence-electron chi connectivity index (χ1n) is 8.13. The van der Waals surface area contributed by atoms with Crippen molar-refractivity contribution in [3.63, 3.8) is 0 Å². The van der Waals surface area contributed by atoms with Crippen LogP contribution in [0.1, 0.15) is 43.9 Å². The first kappa shape index (κ1) is 15.6. The van der Waals surface area contributed by atoms with Crippen LogP contribution in [0.4, 0.5) is 0 Å². The summed E-state index contributed by atoms with van der Waals surface area (Å²) in [6, 6.07) is 15.7. The molecule has 3 rings (SSSR count). The smallest absolute Gasteiger partial charge is 0.101 e. The summed E-state index contributed by atoms with van der Waals surface area (Å²) in [4.78, 5) is 7.25. The molecule has 116 valence electrons. The normalized spacial score (nSPS) is 19.0. The Hall–Kier alpha value is -1.32. The van der Waals surface area contributed by atoms with Gasteiger partial charge in [-0.3, -0.25) is 4.90 Å². The van der Waals surface area contributed by atoms with Crippen LogP contribution < -0.4 is 0 Å². The zero-order valence-corrected chi connectivity index (χ0v) is 14.2. The van der Waals surface area contributed by atoms with E-state index in [0.29, 0.717) is 11.3 Å². The van der Waals surface area contributed by atoms with Gasteiger partial charge in [-0.1, -0.05) is 50.2 Å². The van der Waals surface area contributed by atoms with Gasteiger partial charge in [0.05, 0.1) is 0 Å². The van der Waals surface area contributed by atoms with Gasteiger partial charge in [0.15, 0.2) is 0 Å². The third-order valence-electron chi connectivity index (χ3n) is 4.10. The Morgan fingerprint density at radius 3 is 2.77 bits per heavy atom.